The average molecular weight is 391 g/mol. The van der Waals surface area contributed by atoms with Crippen LogP contribution in [0.1, 0.15) is 68.2 Å². The molecule has 0 unspecified atom stereocenters. The van der Waals surface area contributed by atoms with Gasteiger partial charge in [0.1, 0.15) is 0 Å². The Kier molecular flexibility index (Phi) is 7.10. The van der Waals surface area contributed by atoms with E-state index in [9.17, 15) is 9.59 Å². The minimum absolute atomic E-state index is 0.150. The molecule has 0 bridgehead atoms. The first kappa shape index (κ1) is 20.8. The number of carbonyl (C=O) groups is 2. The van der Waals surface area contributed by atoms with Crippen LogP contribution < -0.4 is 0 Å². The van der Waals surface area contributed by atoms with Crippen molar-refractivity contribution in [3.8, 4) is 0 Å². The van der Waals surface area contributed by atoms with Crippen molar-refractivity contribution in [3.63, 3.8) is 0 Å². The third kappa shape index (κ3) is 4.93. The van der Waals surface area contributed by atoms with Crippen LogP contribution >= 0.6 is 0 Å². The zero-order chi connectivity index (χ0) is 20.1. The molecule has 1 amide bonds. The minimum atomic E-state index is -0.382. The van der Waals surface area contributed by atoms with Crippen molar-refractivity contribution in [1.82, 2.24) is 19.6 Å². The van der Waals surface area contributed by atoms with Crippen LogP contribution in [0.15, 0.2) is 0 Å². The van der Waals surface area contributed by atoms with Gasteiger partial charge in [0.15, 0.2) is 5.69 Å². The number of ether oxygens (including phenoxy) is 1. The van der Waals surface area contributed by atoms with Gasteiger partial charge in [0.05, 0.1) is 13.2 Å². The molecule has 28 heavy (non-hydrogen) atoms. The highest BCUT2D eigenvalue weighted by Gasteiger charge is 2.31. The van der Waals surface area contributed by atoms with Crippen LogP contribution in [0.5, 0.6) is 0 Å². The number of rotatable bonds is 7. The van der Waals surface area contributed by atoms with E-state index in [2.05, 4.69) is 23.8 Å². The van der Waals surface area contributed by atoms with Crippen molar-refractivity contribution in [2.45, 2.75) is 66.0 Å². The summed E-state index contributed by atoms with van der Waals surface area (Å²) >= 11 is 0. The summed E-state index contributed by atoms with van der Waals surface area (Å²) in [7, 11) is 0. The molecule has 3 rings (SSSR count). The van der Waals surface area contributed by atoms with Gasteiger partial charge in [-0.2, -0.15) is 5.10 Å². The lowest BCUT2D eigenvalue weighted by molar-refractivity contribution is -0.133. The molecule has 7 heteroatoms. The van der Waals surface area contributed by atoms with E-state index in [0.29, 0.717) is 37.9 Å². The number of nitrogens with zero attached hydrogens (tertiary/aromatic N) is 4. The summed E-state index contributed by atoms with van der Waals surface area (Å²) in [6.07, 6.45) is 5.36. The maximum atomic E-state index is 12.8. The smallest absolute Gasteiger partial charge is 0.359 e. The highest BCUT2D eigenvalue weighted by atomic mass is 16.5. The standard InChI is InChI=1S/C21H34N4O3/c1-4-28-21(27)20-17-14-24(19(26)15-23-10-6-5-7-11-23)12-9-18(17)25(22-20)13-8-16(2)3/h16H,4-15H2,1-3H3. The summed E-state index contributed by atoms with van der Waals surface area (Å²) in [5.41, 5.74) is 2.35. The number of carbonyl (C=O) groups excluding carboxylic acids is 2. The van der Waals surface area contributed by atoms with Crippen LogP contribution in [-0.4, -0.2) is 64.2 Å². The lowest BCUT2D eigenvalue weighted by atomic mass is 10.0. The second-order valence-electron chi connectivity index (χ2n) is 8.30. The monoisotopic (exact) mass is 390 g/mol. The zero-order valence-electron chi connectivity index (χ0n) is 17.6. The lowest BCUT2D eigenvalue weighted by Gasteiger charge is -2.32. The van der Waals surface area contributed by atoms with E-state index in [1.54, 1.807) is 6.92 Å². The first-order chi connectivity index (χ1) is 13.5. The van der Waals surface area contributed by atoms with E-state index in [1.807, 2.05) is 9.58 Å². The topological polar surface area (TPSA) is 67.7 Å². The van der Waals surface area contributed by atoms with Gasteiger partial charge in [-0.1, -0.05) is 20.3 Å². The first-order valence-electron chi connectivity index (χ1n) is 10.7. The molecule has 3 heterocycles. The Morgan fingerprint density at radius 1 is 1.14 bits per heavy atom. The molecule has 0 saturated carbocycles. The van der Waals surface area contributed by atoms with Gasteiger partial charge in [-0.25, -0.2) is 4.79 Å². The van der Waals surface area contributed by atoms with Crippen molar-refractivity contribution >= 4 is 11.9 Å². The molecule has 0 aliphatic carbocycles. The van der Waals surface area contributed by atoms with E-state index in [0.717, 1.165) is 43.7 Å². The molecule has 1 aromatic rings. The van der Waals surface area contributed by atoms with E-state index >= 15 is 0 Å². The summed E-state index contributed by atoms with van der Waals surface area (Å²) in [5.74, 6) is 0.335. The Labute approximate surface area is 168 Å². The predicted molar refractivity (Wildman–Crippen MR) is 107 cm³/mol. The fraction of sp³-hybridized carbons (Fsp3) is 0.762. The van der Waals surface area contributed by atoms with Gasteiger partial charge in [0, 0.05) is 37.3 Å². The molecule has 0 aromatic carbocycles. The van der Waals surface area contributed by atoms with Gasteiger partial charge >= 0.3 is 5.97 Å². The van der Waals surface area contributed by atoms with E-state index < -0.39 is 0 Å². The quantitative estimate of drug-likeness (QED) is 0.669. The van der Waals surface area contributed by atoms with Crippen molar-refractivity contribution < 1.29 is 14.3 Å². The fourth-order valence-corrected chi connectivity index (χ4v) is 4.04. The number of hydrogen-bond donors (Lipinski definition) is 0. The second kappa shape index (κ2) is 9.54. The number of likely N-dealkylation sites (tertiary alicyclic amines) is 1. The van der Waals surface area contributed by atoms with Crippen LogP contribution in [0.2, 0.25) is 0 Å². The predicted octanol–water partition coefficient (Wildman–Crippen LogP) is 2.48. The van der Waals surface area contributed by atoms with E-state index in [-0.39, 0.29) is 11.9 Å². The number of aromatic nitrogens is 2. The Bertz CT molecular complexity index is 692. The van der Waals surface area contributed by atoms with Crippen LogP contribution in [0.4, 0.5) is 0 Å². The van der Waals surface area contributed by atoms with Crippen molar-refractivity contribution in [3.05, 3.63) is 17.0 Å². The Morgan fingerprint density at radius 3 is 2.57 bits per heavy atom. The van der Waals surface area contributed by atoms with E-state index in [1.165, 1.54) is 19.3 Å². The van der Waals surface area contributed by atoms with Crippen molar-refractivity contribution in [1.29, 1.82) is 0 Å². The molecule has 0 spiro atoms. The molecule has 1 fully saturated rings. The zero-order valence-corrected chi connectivity index (χ0v) is 17.6. The number of amides is 1. The summed E-state index contributed by atoms with van der Waals surface area (Å²) < 4.78 is 7.19. The second-order valence-corrected chi connectivity index (χ2v) is 8.30. The van der Waals surface area contributed by atoms with Gasteiger partial charge in [-0.3, -0.25) is 14.4 Å². The van der Waals surface area contributed by atoms with Crippen LogP contribution in [0.3, 0.4) is 0 Å². The minimum Gasteiger partial charge on any atom is -0.461 e. The summed E-state index contributed by atoms with van der Waals surface area (Å²) in [4.78, 5) is 29.4. The number of hydrogen-bond acceptors (Lipinski definition) is 5. The lowest BCUT2D eigenvalue weighted by Crippen LogP contribution is -2.44. The maximum Gasteiger partial charge on any atom is 0.359 e. The summed E-state index contributed by atoms with van der Waals surface area (Å²) in [5, 5.41) is 4.59. The highest BCUT2D eigenvalue weighted by molar-refractivity contribution is 5.89. The molecule has 156 valence electrons. The highest BCUT2D eigenvalue weighted by Crippen LogP contribution is 2.25. The molecule has 1 aromatic heterocycles. The molecule has 1 saturated heterocycles. The Morgan fingerprint density at radius 2 is 1.89 bits per heavy atom. The molecule has 0 radical (unpaired) electrons. The van der Waals surface area contributed by atoms with Crippen molar-refractivity contribution in [2.75, 3.05) is 32.8 Å². The molecular weight excluding hydrogens is 356 g/mol. The van der Waals surface area contributed by atoms with Crippen LogP contribution in [0.25, 0.3) is 0 Å². The molecule has 0 N–H and O–H groups in total. The number of piperidine rings is 1. The number of esters is 1. The van der Waals surface area contributed by atoms with Crippen molar-refractivity contribution in [2.24, 2.45) is 5.92 Å². The normalized spacial score (nSPS) is 17.6. The fourth-order valence-electron chi connectivity index (χ4n) is 4.04. The molecule has 2 aliphatic heterocycles. The maximum absolute atomic E-state index is 12.8. The Balaban J connectivity index is 1.75. The van der Waals surface area contributed by atoms with Gasteiger partial charge in [-0.15, -0.1) is 0 Å². The third-order valence-electron chi connectivity index (χ3n) is 5.68. The molecule has 7 nitrogen and oxygen atoms in total. The van der Waals surface area contributed by atoms with Gasteiger partial charge in [0.2, 0.25) is 5.91 Å². The Hall–Kier alpha value is -1.89. The average Bonchev–Trinajstić information content (AvgIpc) is 3.05. The van der Waals surface area contributed by atoms with Gasteiger partial charge < -0.3 is 9.64 Å². The third-order valence-corrected chi connectivity index (χ3v) is 5.68. The summed E-state index contributed by atoms with van der Waals surface area (Å²) in [6, 6.07) is 0. The van der Waals surface area contributed by atoms with Gasteiger partial charge in [-0.05, 0) is 45.2 Å². The number of aryl methyl sites for hydroxylation is 1. The summed E-state index contributed by atoms with van der Waals surface area (Å²) in [6.45, 7) is 10.9. The van der Waals surface area contributed by atoms with Crippen LogP contribution in [0, 0.1) is 5.92 Å². The molecule has 0 atom stereocenters. The molecular formula is C21H34N4O3. The largest absolute Gasteiger partial charge is 0.461 e. The number of fused-ring (bicyclic) bond motifs is 1. The van der Waals surface area contributed by atoms with Gasteiger partial charge in [0.25, 0.3) is 0 Å². The van der Waals surface area contributed by atoms with Crippen LogP contribution in [-0.2, 0) is 29.0 Å². The SMILES string of the molecule is CCOC(=O)c1nn(CCC(C)C)c2c1CN(C(=O)CN1CCCCC1)CC2. The molecule has 2 aliphatic rings. The van der Waals surface area contributed by atoms with E-state index in [4.69, 9.17) is 4.74 Å². The first-order valence-corrected chi connectivity index (χ1v) is 10.7.